The van der Waals surface area contributed by atoms with Gasteiger partial charge in [0, 0.05) is 11.6 Å². The van der Waals surface area contributed by atoms with E-state index in [1.54, 1.807) is 11.5 Å². The number of imidazole rings is 1. The quantitative estimate of drug-likeness (QED) is 0.781. The summed E-state index contributed by atoms with van der Waals surface area (Å²) in [4.78, 5) is 15.3. The molecule has 2 aromatic rings. The molecule has 0 bridgehead atoms. The van der Waals surface area contributed by atoms with Crippen molar-refractivity contribution >= 4 is 5.91 Å². The van der Waals surface area contributed by atoms with E-state index < -0.39 is 35.0 Å². The Labute approximate surface area is 158 Å². The molecule has 2 N–H and O–H groups in total. The van der Waals surface area contributed by atoms with Crippen molar-refractivity contribution in [1.82, 2.24) is 9.55 Å². The number of primary amides is 1. The van der Waals surface area contributed by atoms with Gasteiger partial charge in [-0.05, 0) is 26.8 Å². The minimum absolute atomic E-state index is 0.0240. The predicted molar refractivity (Wildman–Crippen MR) is 90.9 cm³/mol. The number of rotatable bonds is 5. The van der Waals surface area contributed by atoms with Gasteiger partial charge in [-0.1, -0.05) is 6.07 Å². The van der Waals surface area contributed by atoms with Crippen molar-refractivity contribution in [2.24, 2.45) is 5.73 Å². The summed E-state index contributed by atoms with van der Waals surface area (Å²) in [6, 6.07) is 3.51. The molecule has 1 aliphatic rings. The van der Waals surface area contributed by atoms with Gasteiger partial charge in [-0.15, -0.1) is 0 Å². The highest BCUT2D eigenvalue weighted by Gasteiger charge is 2.49. The Hall–Kier alpha value is -2.78. The molecule has 0 spiro atoms. The van der Waals surface area contributed by atoms with E-state index in [1.807, 2.05) is 0 Å². The highest BCUT2D eigenvalue weighted by Crippen LogP contribution is 2.42. The highest BCUT2D eigenvalue weighted by atomic mass is 19.4. The van der Waals surface area contributed by atoms with Crippen molar-refractivity contribution in [3.05, 3.63) is 41.0 Å². The molecular formula is C18H19F4N3O3. The molecule has 0 fully saturated rings. The third kappa shape index (κ3) is 3.38. The zero-order valence-electron chi connectivity index (χ0n) is 15.4. The van der Waals surface area contributed by atoms with Crippen LogP contribution in [0.1, 0.15) is 35.6 Å². The van der Waals surface area contributed by atoms with Crippen LogP contribution in [0.3, 0.4) is 0 Å². The lowest BCUT2D eigenvalue weighted by molar-refractivity contribution is -0.180. The summed E-state index contributed by atoms with van der Waals surface area (Å²) in [6.45, 7) is 3.89. The number of nitrogens with two attached hydrogens (primary N) is 1. The number of carbonyl (C=O) groups excluding carboxylic acids is 1. The Bertz CT molecular complexity index is 922. The zero-order chi connectivity index (χ0) is 20.9. The summed E-state index contributed by atoms with van der Waals surface area (Å²) >= 11 is 0. The molecule has 2 heterocycles. The maximum absolute atomic E-state index is 14.2. The molecule has 3 rings (SSSR count). The molecular weight excluding hydrogens is 382 g/mol. The lowest BCUT2D eigenvalue weighted by Gasteiger charge is -2.28. The number of nitrogens with zero attached hydrogens (tertiary/aromatic N) is 2. The molecule has 1 aliphatic heterocycles. The smallest absolute Gasteiger partial charge is 0.398 e. The van der Waals surface area contributed by atoms with Crippen LogP contribution in [0.25, 0.3) is 0 Å². The summed E-state index contributed by atoms with van der Waals surface area (Å²) in [6.07, 6.45) is -5.03. The SMILES string of the molecule is Cc1c(C(N)=O)nc2n1CC(COc1ccc(C(C)(C)C(F)(F)F)c(F)c1)O2. The lowest BCUT2D eigenvalue weighted by Crippen LogP contribution is -2.37. The fraction of sp³-hybridized carbons (Fsp3) is 0.444. The Morgan fingerprint density at radius 1 is 1.39 bits per heavy atom. The third-order valence-corrected chi connectivity index (χ3v) is 4.84. The van der Waals surface area contributed by atoms with Gasteiger partial charge in [-0.2, -0.15) is 18.2 Å². The highest BCUT2D eigenvalue weighted by molar-refractivity contribution is 5.92. The van der Waals surface area contributed by atoms with Crippen LogP contribution in [0.5, 0.6) is 11.8 Å². The van der Waals surface area contributed by atoms with E-state index in [-0.39, 0.29) is 24.1 Å². The fourth-order valence-electron chi connectivity index (χ4n) is 2.96. The number of fused-ring (bicyclic) bond motifs is 1. The van der Waals surface area contributed by atoms with Gasteiger partial charge < -0.3 is 15.2 Å². The first-order chi connectivity index (χ1) is 12.9. The van der Waals surface area contributed by atoms with Crippen LogP contribution >= 0.6 is 0 Å². The van der Waals surface area contributed by atoms with E-state index >= 15 is 0 Å². The van der Waals surface area contributed by atoms with Crippen LogP contribution in [0.15, 0.2) is 18.2 Å². The van der Waals surface area contributed by atoms with E-state index in [1.165, 1.54) is 6.07 Å². The van der Waals surface area contributed by atoms with Crippen molar-refractivity contribution < 1.29 is 31.8 Å². The summed E-state index contributed by atoms with van der Waals surface area (Å²) in [5, 5.41) is 0. The van der Waals surface area contributed by atoms with Gasteiger partial charge in [0.2, 0.25) is 0 Å². The number of amides is 1. The number of benzene rings is 1. The van der Waals surface area contributed by atoms with Gasteiger partial charge in [0.05, 0.1) is 17.7 Å². The molecule has 1 aromatic carbocycles. The predicted octanol–water partition coefficient (Wildman–Crippen LogP) is 3.11. The Kier molecular flexibility index (Phi) is 4.76. The summed E-state index contributed by atoms with van der Waals surface area (Å²) in [5.41, 5.74) is 3.13. The van der Waals surface area contributed by atoms with Crippen LogP contribution in [-0.4, -0.2) is 34.3 Å². The largest absolute Gasteiger partial charge is 0.490 e. The second-order valence-electron chi connectivity index (χ2n) is 7.12. The number of halogens is 4. The number of alkyl halides is 3. The van der Waals surface area contributed by atoms with Crippen molar-refractivity contribution in [2.75, 3.05) is 6.61 Å². The minimum atomic E-state index is -4.59. The van der Waals surface area contributed by atoms with E-state index in [9.17, 15) is 22.4 Å². The van der Waals surface area contributed by atoms with E-state index in [0.717, 1.165) is 26.0 Å². The van der Waals surface area contributed by atoms with Gasteiger partial charge >= 0.3 is 6.18 Å². The lowest BCUT2D eigenvalue weighted by atomic mass is 9.83. The molecule has 0 aliphatic carbocycles. The maximum Gasteiger partial charge on any atom is 0.398 e. The van der Waals surface area contributed by atoms with Gasteiger partial charge in [0.1, 0.15) is 18.2 Å². The first-order valence-electron chi connectivity index (χ1n) is 8.45. The van der Waals surface area contributed by atoms with E-state index in [4.69, 9.17) is 15.2 Å². The number of hydrogen-bond donors (Lipinski definition) is 1. The molecule has 0 saturated heterocycles. The van der Waals surface area contributed by atoms with Crippen molar-refractivity contribution in [3.8, 4) is 11.8 Å². The molecule has 28 heavy (non-hydrogen) atoms. The van der Waals surface area contributed by atoms with Crippen LogP contribution in [0.2, 0.25) is 0 Å². The average molecular weight is 401 g/mol. The first kappa shape index (κ1) is 20.0. The van der Waals surface area contributed by atoms with Crippen molar-refractivity contribution in [2.45, 2.75) is 45.0 Å². The Morgan fingerprint density at radius 2 is 2.07 bits per heavy atom. The molecule has 10 heteroatoms. The third-order valence-electron chi connectivity index (χ3n) is 4.84. The number of carbonyl (C=O) groups is 1. The summed E-state index contributed by atoms with van der Waals surface area (Å²) in [5.74, 6) is -1.57. The standard InChI is InChI=1S/C18H19F4N3O3/c1-9-14(15(23)26)24-16-25(9)7-11(28-16)8-27-10-4-5-12(13(19)6-10)17(2,3)18(20,21)22/h4-6,11H,7-8H2,1-3H3,(H2,23,26). The first-order valence-corrected chi connectivity index (χ1v) is 8.45. The monoisotopic (exact) mass is 401 g/mol. The second-order valence-corrected chi connectivity index (χ2v) is 7.12. The Balaban J connectivity index is 1.66. The fourth-order valence-corrected chi connectivity index (χ4v) is 2.96. The Morgan fingerprint density at radius 3 is 2.61 bits per heavy atom. The molecule has 0 radical (unpaired) electrons. The van der Waals surface area contributed by atoms with Gasteiger partial charge in [0.25, 0.3) is 11.9 Å². The maximum atomic E-state index is 14.2. The topological polar surface area (TPSA) is 79.4 Å². The molecule has 1 unspecified atom stereocenters. The molecule has 1 amide bonds. The summed E-state index contributed by atoms with van der Waals surface area (Å²) in [7, 11) is 0. The molecule has 6 nitrogen and oxygen atoms in total. The van der Waals surface area contributed by atoms with E-state index in [2.05, 4.69) is 4.98 Å². The van der Waals surface area contributed by atoms with E-state index in [0.29, 0.717) is 12.2 Å². The van der Waals surface area contributed by atoms with Gasteiger partial charge in [-0.25, -0.2) is 4.39 Å². The average Bonchev–Trinajstić information content (AvgIpc) is 3.11. The number of aromatic nitrogens is 2. The summed E-state index contributed by atoms with van der Waals surface area (Å²) < 4.78 is 66.3. The second kappa shape index (κ2) is 6.68. The number of ether oxygens (including phenoxy) is 2. The van der Waals surface area contributed by atoms with Crippen LogP contribution in [0.4, 0.5) is 17.6 Å². The van der Waals surface area contributed by atoms with Gasteiger partial charge in [-0.3, -0.25) is 9.36 Å². The van der Waals surface area contributed by atoms with Crippen molar-refractivity contribution in [3.63, 3.8) is 0 Å². The van der Waals surface area contributed by atoms with Crippen molar-refractivity contribution in [1.29, 1.82) is 0 Å². The van der Waals surface area contributed by atoms with Crippen LogP contribution in [-0.2, 0) is 12.0 Å². The molecule has 1 aromatic heterocycles. The van der Waals surface area contributed by atoms with Crippen LogP contribution in [0, 0.1) is 12.7 Å². The molecule has 1 atom stereocenters. The van der Waals surface area contributed by atoms with Gasteiger partial charge in [0.15, 0.2) is 11.8 Å². The number of hydrogen-bond acceptors (Lipinski definition) is 4. The zero-order valence-corrected chi connectivity index (χ0v) is 15.4. The van der Waals surface area contributed by atoms with Crippen LogP contribution < -0.4 is 15.2 Å². The normalized spacial score (nSPS) is 16.6. The molecule has 0 saturated carbocycles. The minimum Gasteiger partial charge on any atom is -0.490 e. The molecule has 152 valence electrons.